The molecular formula is C19H24O2S. The fourth-order valence-electron chi connectivity index (χ4n) is 2.84. The highest BCUT2D eigenvalue weighted by Crippen LogP contribution is 2.31. The third-order valence-electron chi connectivity index (χ3n) is 3.88. The highest BCUT2D eigenvalue weighted by Gasteiger charge is 2.24. The lowest BCUT2D eigenvalue weighted by molar-refractivity contribution is 0.583. The number of aryl methyl sites for hydroxylation is 3. The molecule has 2 rings (SSSR count). The Kier molecular flexibility index (Phi) is 4.22. The van der Waals surface area contributed by atoms with E-state index in [0.717, 1.165) is 22.3 Å². The van der Waals surface area contributed by atoms with Crippen LogP contribution in [0, 0.1) is 20.8 Å². The summed E-state index contributed by atoms with van der Waals surface area (Å²) in [5, 5.41) is 0. The monoisotopic (exact) mass is 316 g/mol. The van der Waals surface area contributed by atoms with Gasteiger partial charge in [0, 0.05) is 0 Å². The van der Waals surface area contributed by atoms with Gasteiger partial charge in [-0.3, -0.25) is 0 Å². The first-order valence-corrected chi connectivity index (χ1v) is 8.95. The van der Waals surface area contributed by atoms with Crippen LogP contribution in [0.25, 0.3) is 0 Å². The first kappa shape index (κ1) is 16.8. The van der Waals surface area contributed by atoms with Gasteiger partial charge in [-0.05, 0) is 55.0 Å². The van der Waals surface area contributed by atoms with Crippen molar-refractivity contribution < 1.29 is 8.42 Å². The number of hydrogen-bond acceptors (Lipinski definition) is 2. The van der Waals surface area contributed by atoms with Crippen LogP contribution >= 0.6 is 0 Å². The molecule has 0 N–H and O–H groups in total. The second-order valence-corrected chi connectivity index (χ2v) is 8.90. The van der Waals surface area contributed by atoms with Gasteiger partial charge in [-0.2, -0.15) is 0 Å². The predicted molar refractivity (Wildman–Crippen MR) is 91.2 cm³/mol. The van der Waals surface area contributed by atoms with Crippen LogP contribution in [0.15, 0.2) is 46.2 Å². The molecular weight excluding hydrogens is 292 g/mol. The van der Waals surface area contributed by atoms with E-state index in [1.165, 1.54) is 0 Å². The van der Waals surface area contributed by atoms with E-state index in [4.69, 9.17) is 0 Å². The minimum atomic E-state index is -3.50. The van der Waals surface area contributed by atoms with Crippen LogP contribution in [0.5, 0.6) is 0 Å². The van der Waals surface area contributed by atoms with Gasteiger partial charge < -0.3 is 0 Å². The second-order valence-electron chi connectivity index (χ2n) is 7.01. The van der Waals surface area contributed by atoms with Crippen LogP contribution in [0.3, 0.4) is 0 Å². The summed E-state index contributed by atoms with van der Waals surface area (Å²) in [6.45, 7) is 12.0. The summed E-state index contributed by atoms with van der Waals surface area (Å²) < 4.78 is 26.1. The van der Waals surface area contributed by atoms with Gasteiger partial charge in [0.2, 0.25) is 9.84 Å². The van der Waals surface area contributed by atoms with Crippen LogP contribution in [0.2, 0.25) is 0 Å². The van der Waals surface area contributed by atoms with Crippen molar-refractivity contribution in [2.45, 2.75) is 56.7 Å². The number of hydrogen-bond donors (Lipinski definition) is 0. The SMILES string of the molecule is Cc1cc(C)c(S(=O)(=O)c2cccc(C(C)(C)C)c2)c(C)c1. The molecule has 118 valence electrons. The summed E-state index contributed by atoms with van der Waals surface area (Å²) in [6, 6.07) is 11.1. The molecule has 0 saturated heterocycles. The summed E-state index contributed by atoms with van der Waals surface area (Å²) in [6.07, 6.45) is 0. The van der Waals surface area contributed by atoms with Gasteiger partial charge in [-0.15, -0.1) is 0 Å². The molecule has 0 bridgehead atoms. The second kappa shape index (κ2) is 5.54. The maximum Gasteiger partial charge on any atom is 0.207 e. The van der Waals surface area contributed by atoms with E-state index >= 15 is 0 Å². The van der Waals surface area contributed by atoms with E-state index in [-0.39, 0.29) is 5.41 Å². The van der Waals surface area contributed by atoms with Gasteiger partial charge in [0.15, 0.2) is 0 Å². The summed E-state index contributed by atoms with van der Waals surface area (Å²) >= 11 is 0. The van der Waals surface area contributed by atoms with Gasteiger partial charge in [0.1, 0.15) is 0 Å². The van der Waals surface area contributed by atoms with Crippen LogP contribution in [-0.4, -0.2) is 8.42 Å². The average molecular weight is 316 g/mol. The van der Waals surface area contributed by atoms with E-state index in [1.54, 1.807) is 12.1 Å². The molecule has 0 aliphatic carbocycles. The molecule has 0 saturated carbocycles. The van der Waals surface area contributed by atoms with E-state index < -0.39 is 9.84 Å². The maximum absolute atomic E-state index is 13.1. The molecule has 0 radical (unpaired) electrons. The molecule has 0 spiro atoms. The first-order valence-electron chi connectivity index (χ1n) is 7.47. The van der Waals surface area contributed by atoms with Crippen LogP contribution in [0.4, 0.5) is 0 Å². The molecule has 0 amide bonds. The van der Waals surface area contributed by atoms with Crippen LogP contribution in [-0.2, 0) is 15.3 Å². The van der Waals surface area contributed by atoms with E-state index in [0.29, 0.717) is 9.79 Å². The predicted octanol–water partition coefficient (Wildman–Crippen LogP) is 4.74. The largest absolute Gasteiger partial charge is 0.218 e. The van der Waals surface area contributed by atoms with Crippen LogP contribution in [0.1, 0.15) is 43.0 Å². The molecule has 0 aliphatic heterocycles. The van der Waals surface area contributed by atoms with Crippen molar-refractivity contribution in [3.8, 4) is 0 Å². The molecule has 0 fully saturated rings. The van der Waals surface area contributed by atoms with Crippen molar-refractivity contribution in [3.05, 3.63) is 58.7 Å². The molecule has 0 heterocycles. The molecule has 3 heteroatoms. The van der Waals surface area contributed by atoms with Crippen molar-refractivity contribution in [1.82, 2.24) is 0 Å². The molecule has 0 aliphatic rings. The third kappa shape index (κ3) is 3.09. The third-order valence-corrected chi connectivity index (χ3v) is 5.94. The average Bonchev–Trinajstić information content (AvgIpc) is 2.36. The topological polar surface area (TPSA) is 34.1 Å². The lowest BCUT2D eigenvalue weighted by Gasteiger charge is -2.20. The fourth-order valence-corrected chi connectivity index (χ4v) is 4.58. The standard InChI is InChI=1S/C19H24O2S/c1-13-10-14(2)18(15(3)11-13)22(20,21)17-9-7-8-16(12-17)19(4,5)6/h7-12H,1-6H3. The highest BCUT2D eigenvalue weighted by molar-refractivity contribution is 7.91. The van der Waals surface area contributed by atoms with E-state index in [2.05, 4.69) is 20.8 Å². The molecule has 0 aromatic heterocycles. The molecule has 22 heavy (non-hydrogen) atoms. The summed E-state index contributed by atoms with van der Waals surface area (Å²) in [7, 11) is -3.50. The fraction of sp³-hybridized carbons (Fsp3) is 0.368. The Hall–Kier alpha value is -1.61. The Morgan fingerprint density at radius 2 is 1.41 bits per heavy atom. The van der Waals surface area contributed by atoms with Crippen LogP contribution < -0.4 is 0 Å². The zero-order valence-electron chi connectivity index (χ0n) is 14.2. The zero-order chi connectivity index (χ0) is 16.7. The van der Waals surface area contributed by atoms with E-state index in [9.17, 15) is 8.42 Å². The smallest absolute Gasteiger partial charge is 0.207 e. The minimum absolute atomic E-state index is 0.0805. The minimum Gasteiger partial charge on any atom is -0.218 e. The van der Waals surface area contributed by atoms with Gasteiger partial charge in [0.05, 0.1) is 9.79 Å². The van der Waals surface area contributed by atoms with Gasteiger partial charge in [-0.1, -0.05) is 50.6 Å². The van der Waals surface area contributed by atoms with Gasteiger partial charge in [-0.25, -0.2) is 8.42 Å². The maximum atomic E-state index is 13.1. The van der Waals surface area contributed by atoms with Crippen molar-refractivity contribution >= 4 is 9.84 Å². The number of sulfone groups is 1. The lowest BCUT2D eigenvalue weighted by Crippen LogP contribution is -2.13. The Balaban J connectivity index is 2.67. The quantitative estimate of drug-likeness (QED) is 0.802. The van der Waals surface area contributed by atoms with Crippen molar-refractivity contribution in [2.24, 2.45) is 0 Å². The molecule has 2 nitrogen and oxygen atoms in total. The Labute approximate surface area is 134 Å². The molecule has 0 atom stereocenters. The van der Waals surface area contributed by atoms with Gasteiger partial charge >= 0.3 is 0 Å². The summed E-state index contributed by atoms with van der Waals surface area (Å²) in [5.41, 5.74) is 3.63. The molecule has 2 aromatic carbocycles. The summed E-state index contributed by atoms with van der Waals surface area (Å²) in [5.74, 6) is 0. The normalized spacial score (nSPS) is 12.5. The number of rotatable bonds is 2. The first-order chi connectivity index (χ1) is 10.0. The Bertz CT molecular complexity index is 787. The molecule has 0 unspecified atom stereocenters. The Morgan fingerprint density at radius 3 is 1.91 bits per heavy atom. The van der Waals surface area contributed by atoms with Crippen molar-refractivity contribution in [2.75, 3.05) is 0 Å². The number of benzene rings is 2. The molecule has 2 aromatic rings. The van der Waals surface area contributed by atoms with Crippen molar-refractivity contribution in [3.63, 3.8) is 0 Å². The van der Waals surface area contributed by atoms with E-state index in [1.807, 2.05) is 45.0 Å². The summed E-state index contributed by atoms with van der Waals surface area (Å²) in [4.78, 5) is 0.805. The van der Waals surface area contributed by atoms with Crippen molar-refractivity contribution in [1.29, 1.82) is 0 Å². The zero-order valence-corrected chi connectivity index (χ0v) is 15.0. The van der Waals surface area contributed by atoms with Gasteiger partial charge in [0.25, 0.3) is 0 Å². The lowest BCUT2D eigenvalue weighted by atomic mass is 9.87. The highest BCUT2D eigenvalue weighted by atomic mass is 32.2. The Morgan fingerprint density at radius 1 is 0.864 bits per heavy atom.